The first-order chi connectivity index (χ1) is 12.1. The maximum absolute atomic E-state index is 11.9. The molecule has 0 N–H and O–H groups in total. The molecular formula is C18H19O6P. The number of benzene rings is 2. The molecule has 0 bridgehead atoms. The van der Waals surface area contributed by atoms with E-state index in [1.54, 1.807) is 25.3 Å². The lowest BCUT2D eigenvalue weighted by Crippen LogP contribution is -2.14. The minimum atomic E-state index is -0.708. The predicted octanol–water partition coefficient (Wildman–Crippen LogP) is 3.22. The molecule has 132 valence electrons. The van der Waals surface area contributed by atoms with Crippen LogP contribution in [0.4, 0.5) is 0 Å². The highest BCUT2D eigenvalue weighted by molar-refractivity contribution is 7.53. The van der Waals surface area contributed by atoms with Gasteiger partial charge in [-0.3, -0.25) is 9.68 Å². The molecule has 0 amide bonds. The quantitative estimate of drug-likeness (QED) is 0.388. The van der Waals surface area contributed by atoms with E-state index in [2.05, 4.69) is 4.89 Å². The third-order valence-corrected chi connectivity index (χ3v) is 3.84. The predicted molar refractivity (Wildman–Crippen MR) is 93.9 cm³/mol. The van der Waals surface area contributed by atoms with Crippen LogP contribution in [0.3, 0.4) is 0 Å². The van der Waals surface area contributed by atoms with Gasteiger partial charge in [0.05, 0.1) is 7.11 Å². The number of ether oxygens (including phenoxy) is 2. The number of carbonyl (C=O) groups is 2. The van der Waals surface area contributed by atoms with E-state index >= 15 is 0 Å². The van der Waals surface area contributed by atoms with Gasteiger partial charge in [0, 0.05) is 12.0 Å². The molecule has 25 heavy (non-hydrogen) atoms. The first-order valence-corrected chi connectivity index (χ1v) is 8.46. The molecule has 0 heterocycles. The van der Waals surface area contributed by atoms with Crippen LogP contribution < -0.4 is 9.47 Å². The van der Waals surface area contributed by atoms with Crippen molar-refractivity contribution in [3.63, 3.8) is 0 Å². The first kappa shape index (κ1) is 18.9. The fourth-order valence-corrected chi connectivity index (χ4v) is 2.54. The van der Waals surface area contributed by atoms with E-state index in [4.69, 9.17) is 14.1 Å². The van der Waals surface area contributed by atoms with Crippen molar-refractivity contribution in [3.05, 3.63) is 59.7 Å². The van der Waals surface area contributed by atoms with Crippen LogP contribution >= 0.6 is 8.81 Å². The van der Waals surface area contributed by atoms with Gasteiger partial charge in [-0.05, 0) is 24.6 Å². The molecule has 2 aromatic rings. The van der Waals surface area contributed by atoms with Crippen molar-refractivity contribution in [3.8, 4) is 11.5 Å². The molecule has 0 aliphatic carbocycles. The lowest BCUT2D eigenvalue weighted by molar-refractivity contribution is -0.210. The summed E-state index contributed by atoms with van der Waals surface area (Å²) in [5.74, 6) is 0.513. The van der Waals surface area contributed by atoms with E-state index in [1.165, 1.54) is 0 Å². The second kappa shape index (κ2) is 9.77. The summed E-state index contributed by atoms with van der Waals surface area (Å²) in [6, 6.07) is 14.5. The summed E-state index contributed by atoms with van der Waals surface area (Å²) >= 11 is 0. The molecule has 1 atom stereocenters. The van der Waals surface area contributed by atoms with Crippen LogP contribution in [0.5, 0.6) is 11.5 Å². The average molecular weight is 362 g/mol. The van der Waals surface area contributed by atoms with Crippen LogP contribution in [0.15, 0.2) is 48.5 Å². The molecule has 7 heteroatoms. The molecule has 2 rings (SSSR count). The number of hydrogen-bond acceptors (Lipinski definition) is 6. The summed E-state index contributed by atoms with van der Waals surface area (Å²) in [6.07, 6.45) is 0.139. The zero-order valence-electron chi connectivity index (χ0n) is 14.0. The molecule has 2 aromatic carbocycles. The van der Waals surface area contributed by atoms with Crippen LogP contribution in [0.1, 0.15) is 11.1 Å². The normalized spacial score (nSPS) is 10.6. The molecule has 0 aromatic heterocycles. The van der Waals surface area contributed by atoms with Gasteiger partial charge in [0.2, 0.25) is 0 Å². The highest BCUT2D eigenvalue weighted by Gasteiger charge is 2.12. The fraction of sp³-hybridized carbons (Fsp3) is 0.222. The van der Waals surface area contributed by atoms with Crippen molar-refractivity contribution in [2.45, 2.75) is 13.3 Å². The minimum Gasteiger partial charge on any atom is -0.496 e. The summed E-state index contributed by atoms with van der Waals surface area (Å²) in [5, 5.41) is 0. The fourth-order valence-electron chi connectivity index (χ4n) is 2.05. The third-order valence-electron chi connectivity index (χ3n) is 3.27. The number of carbonyl (C=O) groups excluding carboxylic acids is 2. The van der Waals surface area contributed by atoms with Crippen molar-refractivity contribution in [1.82, 2.24) is 0 Å². The van der Waals surface area contributed by atoms with E-state index in [1.807, 2.05) is 37.3 Å². The van der Waals surface area contributed by atoms with Gasteiger partial charge < -0.3 is 9.47 Å². The van der Waals surface area contributed by atoms with E-state index < -0.39 is 14.8 Å². The Bertz CT molecular complexity index is 731. The Labute approximate surface area is 147 Å². The molecule has 0 spiro atoms. The molecule has 1 unspecified atom stereocenters. The molecule has 0 aliphatic rings. The zero-order chi connectivity index (χ0) is 18.1. The summed E-state index contributed by atoms with van der Waals surface area (Å²) in [7, 11) is 0.938. The SMILES string of the molecule is COc1ccccc1CC(=O)POOC(=O)COc1ccccc1C. The lowest BCUT2D eigenvalue weighted by atomic mass is 10.1. The molecule has 0 radical (unpaired) electrons. The van der Waals surface area contributed by atoms with Crippen LogP contribution in [-0.4, -0.2) is 25.2 Å². The Morgan fingerprint density at radius 3 is 2.40 bits per heavy atom. The average Bonchev–Trinajstić information content (AvgIpc) is 2.61. The Hall–Kier alpha value is -2.43. The molecule has 0 fully saturated rings. The molecule has 6 nitrogen and oxygen atoms in total. The van der Waals surface area contributed by atoms with E-state index in [-0.39, 0.29) is 18.6 Å². The van der Waals surface area contributed by atoms with Gasteiger partial charge in [-0.1, -0.05) is 36.4 Å². The molecule has 0 saturated heterocycles. The largest absolute Gasteiger partial charge is 0.496 e. The van der Waals surface area contributed by atoms with E-state index in [0.717, 1.165) is 11.1 Å². The Balaban J connectivity index is 1.70. The van der Waals surface area contributed by atoms with Gasteiger partial charge in [-0.25, -0.2) is 4.79 Å². The Kier molecular flexibility index (Phi) is 7.38. The van der Waals surface area contributed by atoms with Crippen LogP contribution in [0, 0.1) is 6.92 Å². The van der Waals surface area contributed by atoms with Crippen LogP contribution in [0.2, 0.25) is 0 Å². The smallest absolute Gasteiger partial charge is 0.379 e. The highest BCUT2D eigenvalue weighted by atomic mass is 31.1. The standard InChI is InChI=1S/C18H19O6P/c1-13-7-3-5-9-15(13)22-12-17(19)23-24-25-18(20)11-14-8-4-6-10-16(14)21-2/h3-10,25H,11-12H2,1-2H3. The summed E-state index contributed by atoms with van der Waals surface area (Å²) in [4.78, 5) is 28.0. The van der Waals surface area contributed by atoms with Gasteiger partial charge in [0.1, 0.15) is 20.3 Å². The van der Waals surface area contributed by atoms with Crippen molar-refractivity contribution < 1.29 is 28.6 Å². The van der Waals surface area contributed by atoms with Gasteiger partial charge in [-0.2, -0.15) is 4.67 Å². The number of hydrogen-bond donors (Lipinski definition) is 0. The summed E-state index contributed by atoms with van der Waals surface area (Å²) in [6.45, 7) is 1.57. The highest BCUT2D eigenvalue weighted by Crippen LogP contribution is 2.23. The van der Waals surface area contributed by atoms with Gasteiger partial charge >= 0.3 is 5.97 Å². The van der Waals surface area contributed by atoms with E-state index in [9.17, 15) is 9.59 Å². The van der Waals surface area contributed by atoms with Crippen LogP contribution in [0.25, 0.3) is 0 Å². The van der Waals surface area contributed by atoms with Gasteiger partial charge in [0.15, 0.2) is 12.1 Å². The molecule has 0 aliphatic heterocycles. The second-order valence-electron chi connectivity index (χ2n) is 5.11. The van der Waals surface area contributed by atoms with Gasteiger partial charge in [0.25, 0.3) is 0 Å². The maximum atomic E-state index is 11.9. The maximum Gasteiger partial charge on any atom is 0.379 e. The lowest BCUT2D eigenvalue weighted by Gasteiger charge is -2.08. The Morgan fingerprint density at radius 1 is 1.00 bits per heavy atom. The van der Waals surface area contributed by atoms with Gasteiger partial charge in [-0.15, -0.1) is 0 Å². The first-order valence-electron chi connectivity index (χ1n) is 7.55. The van der Waals surface area contributed by atoms with Crippen molar-refractivity contribution in [2.75, 3.05) is 13.7 Å². The topological polar surface area (TPSA) is 71.1 Å². The summed E-state index contributed by atoms with van der Waals surface area (Å²) < 4.78 is 15.2. The number of rotatable bonds is 9. The number of methoxy groups -OCH3 is 1. The van der Waals surface area contributed by atoms with Crippen LogP contribution in [-0.2, 0) is 25.6 Å². The summed E-state index contributed by atoms with van der Waals surface area (Å²) in [5.41, 5.74) is 1.45. The zero-order valence-corrected chi connectivity index (χ0v) is 15.0. The number of para-hydroxylation sites is 2. The monoisotopic (exact) mass is 362 g/mol. The minimum absolute atomic E-state index is 0.139. The molecule has 0 saturated carbocycles. The van der Waals surface area contributed by atoms with E-state index in [0.29, 0.717) is 11.5 Å². The number of aryl methyl sites for hydroxylation is 1. The van der Waals surface area contributed by atoms with Crippen molar-refractivity contribution in [2.24, 2.45) is 0 Å². The second-order valence-corrected chi connectivity index (χ2v) is 6.04. The third kappa shape index (κ3) is 6.18. The Morgan fingerprint density at radius 2 is 1.68 bits per heavy atom. The van der Waals surface area contributed by atoms with Crippen molar-refractivity contribution >= 4 is 20.3 Å². The molecular weight excluding hydrogens is 343 g/mol. The van der Waals surface area contributed by atoms with Crippen molar-refractivity contribution in [1.29, 1.82) is 0 Å².